The summed E-state index contributed by atoms with van der Waals surface area (Å²) in [5.41, 5.74) is -0.882. The Bertz CT molecular complexity index is 451. The van der Waals surface area contributed by atoms with Gasteiger partial charge in [0.15, 0.2) is 24.0 Å². The SMILES string of the molecule is CC1=C(F)C(F)=C(S(=O)(=O)O)C(F)C1F. The molecule has 1 N–H and O–H groups in total. The lowest BCUT2D eigenvalue weighted by molar-refractivity contribution is 0.215. The van der Waals surface area contributed by atoms with Crippen molar-refractivity contribution in [1.82, 2.24) is 0 Å². The van der Waals surface area contributed by atoms with E-state index in [9.17, 15) is 26.0 Å². The summed E-state index contributed by atoms with van der Waals surface area (Å²) in [7, 11) is -5.30. The van der Waals surface area contributed by atoms with Gasteiger partial charge in [0.25, 0.3) is 10.1 Å². The molecule has 0 saturated carbocycles. The van der Waals surface area contributed by atoms with Crippen LogP contribution in [0.5, 0.6) is 0 Å². The molecule has 0 aromatic rings. The number of allylic oxidation sites excluding steroid dienone is 4. The first-order chi connectivity index (χ1) is 6.68. The molecule has 1 aliphatic carbocycles. The Morgan fingerprint density at radius 3 is 2.00 bits per heavy atom. The van der Waals surface area contributed by atoms with Gasteiger partial charge in [-0.25, -0.2) is 17.6 Å². The van der Waals surface area contributed by atoms with E-state index in [0.717, 1.165) is 6.92 Å². The van der Waals surface area contributed by atoms with Crippen molar-refractivity contribution in [2.45, 2.75) is 19.3 Å². The van der Waals surface area contributed by atoms with Crippen LogP contribution >= 0.6 is 0 Å². The highest BCUT2D eigenvalue weighted by molar-refractivity contribution is 7.89. The Hall–Kier alpha value is -0.890. The zero-order valence-corrected chi connectivity index (χ0v) is 8.16. The van der Waals surface area contributed by atoms with Crippen molar-refractivity contribution in [2.75, 3.05) is 0 Å². The molecule has 3 nitrogen and oxygen atoms in total. The molecule has 2 atom stereocenters. The third kappa shape index (κ3) is 1.91. The Balaban J connectivity index is 3.49. The van der Waals surface area contributed by atoms with Crippen LogP contribution in [0.1, 0.15) is 6.92 Å². The van der Waals surface area contributed by atoms with E-state index in [1.807, 2.05) is 0 Å². The Morgan fingerprint density at radius 2 is 1.60 bits per heavy atom. The lowest BCUT2D eigenvalue weighted by Crippen LogP contribution is -2.30. The van der Waals surface area contributed by atoms with Crippen molar-refractivity contribution < 1.29 is 30.5 Å². The van der Waals surface area contributed by atoms with Gasteiger partial charge >= 0.3 is 0 Å². The highest BCUT2D eigenvalue weighted by Gasteiger charge is 2.42. The van der Waals surface area contributed by atoms with Crippen LogP contribution in [-0.2, 0) is 10.1 Å². The number of alkyl halides is 2. The number of hydrogen-bond acceptors (Lipinski definition) is 2. The first-order valence-corrected chi connectivity index (χ1v) is 5.14. The molecular formula is C7H6F4O3S. The second kappa shape index (κ2) is 3.60. The van der Waals surface area contributed by atoms with Gasteiger partial charge in [0.1, 0.15) is 4.91 Å². The van der Waals surface area contributed by atoms with E-state index in [4.69, 9.17) is 4.55 Å². The van der Waals surface area contributed by atoms with Crippen LogP contribution in [0.3, 0.4) is 0 Å². The maximum absolute atomic E-state index is 13.0. The van der Waals surface area contributed by atoms with Gasteiger partial charge in [-0.2, -0.15) is 8.42 Å². The fourth-order valence-corrected chi connectivity index (χ4v) is 1.85. The zero-order valence-electron chi connectivity index (χ0n) is 7.34. The molecule has 0 heterocycles. The van der Waals surface area contributed by atoms with E-state index in [0.29, 0.717) is 0 Å². The van der Waals surface area contributed by atoms with E-state index in [-0.39, 0.29) is 0 Å². The Morgan fingerprint density at radius 1 is 1.13 bits per heavy atom. The molecule has 0 saturated heterocycles. The minimum absolute atomic E-state index is 0.785. The van der Waals surface area contributed by atoms with Crippen LogP contribution in [0, 0.1) is 0 Å². The van der Waals surface area contributed by atoms with Gasteiger partial charge in [-0.1, -0.05) is 0 Å². The Kier molecular flexibility index (Phi) is 2.92. The predicted molar refractivity (Wildman–Crippen MR) is 43.3 cm³/mol. The van der Waals surface area contributed by atoms with Crippen LogP contribution in [-0.4, -0.2) is 25.3 Å². The summed E-state index contributed by atoms with van der Waals surface area (Å²) in [5.74, 6) is -3.89. The van der Waals surface area contributed by atoms with Gasteiger partial charge in [0, 0.05) is 5.57 Å². The van der Waals surface area contributed by atoms with E-state index in [2.05, 4.69) is 0 Å². The van der Waals surface area contributed by atoms with Crippen LogP contribution in [0.15, 0.2) is 22.1 Å². The molecule has 1 rings (SSSR count). The third-order valence-corrected chi connectivity index (χ3v) is 2.91. The van der Waals surface area contributed by atoms with Gasteiger partial charge < -0.3 is 0 Å². The monoisotopic (exact) mass is 246 g/mol. The third-order valence-electron chi connectivity index (χ3n) is 1.95. The molecule has 0 aliphatic heterocycles. The molecule has 2 unspecified atom stereocenters. The van der Waals surface area contributed by atoms with Crippen molar-refractivity contribution in [3.8, 4) is 0 Å². The first-order valence-electron chi connectivity index (χ1n) is 3.70. The molecule has 0 radical (unpaired) electrons. The number of halogens is 4. The van der Waals surface area contributed by atoms with Crippen molar-refractivity contribution in [3.63, 3.8) is 0 Å². The van der Waals surface area contributed by atoms with Crippen LogP contribution in [0.2, 0.25) is 0 Å². The quantitative estimate of drug-likeness (QED) is 0.568. The average Bonchev–Trinajstić information content (AvgIpc) is 2.09. The van der Waals surface area contributed by atoms with E-state index in [1.165, 1.54) is 0 Å². The van der Waals surface area contributed by atoms with E-state index in [1.54, 1.807) is 0 Å². The molecule has 0 fully saturated rings. The molecule has 0 aromatic carbocycles. The summed E-state index contributed by atoms with van der Waals surface area (Å²) in [5, 5.41) is 0. The second-order valence-corrected chi connectivity index (χ2v) is 4.34. The second-order valence-electron chi connectivity index (χ2n) is 2.95. The van der Waals surface area contributed by atoms with Crippen LogP contribution in [0.4, 0.5) is 17.6 Å². The average molecular weight is 246 g/mol. The van der Waals surface area contributed by atoms with Crippen LogP contribution in [0.25, 0.3) is 0 Å². The zero-order chi connectivity index (χ0) is 12.0. The highest BCUT2D eigenvalue weighted by atomic mass is 32.2. The van der Waals surface area contributed by atoms with E-state index < -0.39 is 44.6 Å². The summed E-state index contributed by atoms with van der Waals surface area (Å²) >= 11 is 0. The lowest BCUT2D eigenvalue weighted by atomic mass is 10.0. The predicted octanol–water partition coefficient (Wildman–Crippen LogP) is 1.99. The van der Waals surface area contributed by atoms with E-state index >= 15 is 0 Å². The summed E-state index contributed by atoms with van der Waals surface area (Å²) in [6, 6.07) is 0. The summed E-state index contributed by atoms with van der Waals surface area (Å²) in [6.07, 6.45) is -5.55. The van der Waals surface area contributed by atoms with Gasteiger partial charge in [-0.3, -0.25) is 4.55 Å². The van der Waals surface area contributed by atoms with Crippen molar-refractivity contribution >= 4 is 10.1 Å². The highest BCUT2D eigenvalue weighted by Crippen LogP contribution is 2.37. The molecule has 0 spiro atoms. The molecule has 0 amide bonds. The summed E-state index contributed by atoms with van der Waals surface area (Å²) in [4.78, 5) is -1.90. The molecule has 0 bridgehead atoms. The Labute approximate surface area is 82.8 Å². The maximum Gasteiger partial charge on any atom is 0.296 e. The van der Waals surface area contributed by atoms with Crippen LogP contribution < -0.4 is 0 Å². The lowest BCUT2D eigenvalue weighted by Gasteiger charge is -2.21. The molecular weight excluding hydrogens is 240 g/mol. The fraction of sp³-hybridized carbons (Fsp3) is 0.429. The van der Waals surface area contributed by atoms with Crippen molar-refractivity contribution in [2.24, 2.45) is 0 Å². The molecule has 86 valence electrons. The summed E-state index contributed by atoms with van der Waals surface area (Å²) in [6.45, 7) is 0.785. The summed E-state index contributed by atoms with van der Waals surface area (Å²) < 4.78 is 81.0. The standard InChI is InChI=1S/C7H6F4O3S/c1-2-3(8)5(10)7(15(12,13)14)6(11)4(2)9/h3,5H,1H3,(H,12,13,14). The van der Waals surface area contributed by atoms with Crippen molar-refractivity contribution in [3.05, 3.63) is 22.1 Å². The smallest absolute Gasteiger partial charge is 0.282 e. The largest absolute Gasteiger partial charge is 0.296 e. The molecule has 1 aliphatic rings. The van der Waals surface area contributed by atoms with Gasteiger partial charge in [0.05, 0.1) is 0 Å². The first kappa shape index (κ1) is 12.2. The van der Waals surface area contributed by atoms with Crippen molar-refractivity contribution in [1.29, 1.82) is 0 Å². The van der Waals surface area contributed by atoms with Gasteiger partial charge in [-0.05, 0) is 6.92 Å². The molecule has 0 aromatic heterocycles. The van der Waals surface area contributed by atoms with Gasteiger partial charge in [0.2, 0.25) is 0 Å². The van der Waals surface area contributed by atoms with Gasteiger partial charge in [-0.15, -0.1) is 0 Å². The molecule has 8 heteroatoms. The fourth-order valence-electron chi connectivity index (χ4n) is 1.13. The normalized spacial score (nSPS) is 28.7. The maximum atomic E-state index is 13.0. The minimum atomic E-state index is -5.30. The number of hydrogen-bond donors (Lipinski definition) is 1. The molecule has 15 heavy (non-hydrogen) atoms. The number of rotatable bonds is 1. The minimum Gasteiger partial charge on any atom is -0.282 e. The topological polar surface area (TPSA) is 54.4 Å².